The number of aromatic nitrogens is 3. The highest BCUT2D eigenvalue weighted by atomic mass is 32.1. The van der Waals surface area contributed by atoms with Crippen molar-refractivity contribution >= 4 is 12.6 Å². The van der Waals surface area contributed by atoms with Crippen LogP contribution in [0, 0.1) is 17.8 Å². The van der Waals surface area contributed by atoms with Gasteiger partial charge in [-0.3, -0.25) is 0 Å². The Morgan fingerprint density at radius 2 is 1.50 bits per heavy atom. The molecule has 0 N–H and O–H groups in total. The van der Waals surface area contributed by atoms with Gasteiger partial charge in [0, 0.05) is 18.5 Å². The number of hydrogen-bond acceptors (Lipinski definition) is 4. The van der Waals surface area contributed by atoms with Gasteiger partial charge in [0.1, 0.15) is 5.82 Å². The van der Waals surface area contributed by atoms with E-state index in [-0.39, 0.29) is 0 Å². The van der Waals surface area contributed by atoms with E-state index in [0.29, 0.717) is 5.41 Å². The van der Waals surface area contributed by atoms with Crippen molar-refractivity contribution in [3.8, 4) is 0 Å². The summed E-state index contributed by atoms with van der Waals surface area (Å²) in [5.41, 5.74) is 0.324. The summed E-state index contributed by atoms with van der Waals surface area (Å²) in [4.78, 5) is 2.61. The molecule has 0 spiro atoms. The molecule has 1 aromatic heterocycles. The highest BCUT2D eigenvalue weighted by Crippen LogP contribution is 2.60. The van der Waals surface area contributed by atoms with Gasteiger partial charge in [0.15, 0.2) is 5.16 Å². The molecule has 132 valence electrons. The Morgan fingerprint density at radius 1 is 0.875 bits per heavy atom. The third-order valence-corrected chi connectivity index (χ3v) is 7.66. The molecule has 1 saturated heterocycles. The number of piperidine rings is 1. The van der Waals surface area contributed by atoms with Crippen LogP contribution in [0.5, 0.6) is 0 Å². The number of thiol groups is 1. The van der Waals surface area contributed by atoms with Gasteiger partial charge in [0.05, 0.1) is 0 Å². The molecule has 0 atom stereocenters. The summed E-state index contributed by atoms with van der Waals surface area (Å²) in [6.45, 7) is 4.67. The Kier molecular flexibility index (Phi) is 3.93. The lowest BCUT2D eigenvalue weighted by molar-refractivity contribution is -0.0116. The van der Waals surface area contributed by atoms with Crippen LogP contribution < -0.4 is 0 Å². The quantitative estimate of drug-likeness (QED) is 0.847. The Balaban J connectivity index is 1.38. The van der Waals surface area contributed by atoms with Crippen molar-refractivity contribution in [3.63, 3.8) is 0 Å². The van der Waals surface area contributed by atoms with Gasteiger partial charge in [0.25, 0.3) is 0 Å². The molecule has 0 amide bonds. The zero-order valence-corrected chi connectivity index (χ0v) is 15.6. The van der Waals surface area contributed by atoms with Gasteiger partial charge in [-0.1, -0.05) is 6.42 Å². The fourth-order valence-corrected chi connectivity index (χ4v) is 6.94. The maximum atomic E-state index is 4.69. The second-order valence-electron chi connectivity index (χ2n) is 9.08. The van der Waals surface area contributed by atoms with E-state index >= 15 is 0 Å². The molecule has 1 aliphatic heterocycles. The average Bonchev–Trinajstić information content (AvgIpc) is 2.94. The Morgan fingerprint density at radius 3 is 2.12 bits per heavy atom. The minimum atomic E-state index is 0.324. The molecule has 5 aliphatic rings. The van der Waals surface area contributed by atoms with Gasteiger partial charge in [-0.15, -0.1) is 22.8 Å². The second-order valence-corrected chi connectivity index (χ2v) is 9.48. The lowest BCUT2D eigenvalue weighted by Gasteiger charge is -2.56. The van der Waals surface area contributed by atoms with Crippen molar-refractivity contribution < 1.29 is 0 Å². The molecule has 5 heteroatoms. The third-order valence-electron chi connectivity index (χ3n) is 7.33. The third kappa shape index (κ3) is 2.63. The Labute approximate surface area is 150 Å². The summed E-state index contributed by atoms with van der Waals surface area (Å²) in [5.74, 6) is 4.13. The van der Waals surface area contributed by atoms with Gasteiger partial charge >= 0.3 is 0 Å². The first kappa shape index (κ1) is 15.7. The smallest absolute Gasteiger partial charge is 0.188 e. The first-order valence-electron chi connectivity index (χ1n) is 10.1. The largest absolute Gasteiger partial charge is 0.304 e. The summed E-state index contributed by atoms with van der Waals surface area (Å²) in [6, 6.07) is 0. The molecule has 0 radical (unpaired) electrons. The fraction of sp³-hybridized carbons (Fsp3) is 0.895. The van der Waals surface area contributed by atoms with E-state index in [1.54, 1.807) is 0 Å². The molecule has 24 heavy (non-hydrogen) atoms. The average molecular weight is 347 g/mol. The number of hydrogen-bond donors (Lipinski definition) is 1. The van der Waals surface area contributed by atoms with E-state index in [1.165, 1.54) is 76.7 Å². The topological polar surface area (TPSA) is 34.0 Å². The standard InChI is InChI=1S/C19H30N4S/c24-18-21-20-17(23(18)7-6-22-4-2-1-3-5-22)19-11-14-8-15(12-19)10-16(9-14)13-19/h14-16H,1-13H2,(H,21,24). The maximum Gasteiger partial charge on any atom is 0.188 e. The molecule has 4 aliphatic carbocycles. The fourth-order valence-electron chi connectivity index (χ4n) is 6.70. The zero-order chi connectivity index (χ0) is 16.1. The van der Waals surface area contributed by atoms with Crippen molar-refractivity contribution in [2.24, 2.45) is 17.8 Å². The first-order chi connectivity index (χ1) is 11.7. The van der Waals surface area contributed by atoms with Gasteiger partial charge in [0.2, 0.25) is 0 Å². The molecule has 2 heterocycles. The second kappa shape index (κ2) is 6.01. The highest BCUT2D eigenvalue weighted by molar-refractivity contribution is 7.80. The van der Waals surface area contributed by atoms with Gasteiger partial charge in [-0.05, 0) is 82.2 Å². The molecule has 1 aromatic rings. The van der Waals surface area contributed by atoms with Crippen LogP contribution in [0.1, 0.15) is 63.6 Å². The van der Waals surface area contributed by atoms with Crippen LogP contribution >= 0.6 is 12.6 Å². The van der Waals surface area contributed by atoms with E-state index in [2.05, 4.69) is 32.3 Å². The number of nitrogens with zero attached hydrogens (tertiary/aromatic N) is 4. The van der Waals surface area contributed by atoms with Gasteiger partial charge in [-0.25, -0.2) is 0 Å². The van der Waals surface area contributed by atoms with Crippen molar-refractivity contribution in [2.45, 2.75) is 74.9 Å². The highest BCUT2D eigenvalue weighted by Gasteiger charge is 2.53. The minimum absolute atomic E-state index is 0.324. The monoisotopic (exact) mass is 346 g/mol. The van der Waals surface area contributed by atoms with Crippen LogP contribution in [0.4, 0.5) is 0 Å². The van der Waals surface area contributed by atoms with Crippen molar-refractivity contribution in [1.82, 2.24) is 19.7 Å². The molecule has 4 bridgehead atoms. The number of likely N-dealkylation sites (tertiary alicyclic amines) is 1. The number of rotatable bonds is 4. The molecular formula is C19H30N4S. The Hall–Kier alpha value is -0.550. The van der Waals surface area contributed by atoms with Crippen molar-refractivity contribution in [3.05, 3.63) is 5.82 Å². The zero-order valence-electron chi connectivity index (χ0n) is 14.7. The van der Waals surface area contributed by atoms with Crippen LogP contribution in [0.25, 0.3) is 0 Å². The van der Waals surface area contributed by atoms with Crippen molar-refractivity contribution in [2.75, 3.05) is 19.6 Å². The molecular weight excluding hydrogens is 316 g/mol. The van der Waals surface area contributed by atoms with E-state index in [1.807, 2.05) is 0 Å². The summed E-state index contributed by atoms with van der Waals surface area (Å²) in [7, 11) is 0. The van der Waals surface area contributed by atoms with Crippen LogP contribution in [0.15, 0.2) is 5.16 Å². The lowest BCUT2D eigenvalue weighted by atomic mass is 9.49. The maximum absolute atomic E-state index is 4.69. The van der Waals surface area contributed by atoms with Crippen LogP contribution in [-0.4, -0.2) is 39.3 Å². The van der Waals surface area contributed by atoms with E-state index in [0.717, 1.165) is 36.0 Å². The lowest BCUT2D eigenvalue weighted by Crippen LogP contribution is -2.50. The molecule has 6 rings (SSSR count). The van der Waals surface area contributed by atoms with Crippen LogP contribution in [0.2, 0.25) is 0 Å². The normalized spacial score (nSPS) is 38.8. The summed E-state index contributed by atoms with van der Waals surface area (Å²) in [6.07, 6.45) is 12.6. The van der Waals surface area contributed by atoms with E-state index < -0.39 is 0 Å². The Bertz CT molecular complexity index is 569. The minimum Gasteiger partial charge on any atom is -0.304 e. The summed E-state index contributed by atoms with van der Waals surface area (Å²) in [5, 5.41) is 9.91. The van der Waals surface area contributed by atoms with E-state index in [4.69, 9.17) is 0 Å². The summed E-state index contributed by atoms with van der Waals surface area (Å²) < 4.78 is 2.37. The molecule has 5 fully saturated rings. The predicted octanol–water partition coefficient (Wildman–Crippen LogP) is 3.52. The molecule has 4 nitrogen and oxygen atoms in total. The summed E-state index contributed by atoms with van der Waals surface area (Å²) >= 11 is 4.66. The molecule has 4 saturated carbocycles. The molecule has 0 aromatic carbocycles. The van der Waals surface area contributed by atoms with Crippen molar-refractivity contribution in [1.29, 1.82) is 0 Å². The predicted molar refractivity (Wildman–Crippen MR) is 97.4 cm³/mol. The van der Waals surface area contributed by atoms with Crippen LogP contribution in [0.3, 0.4) is 0 Å². The van der Waals surface area contributed by atoms with Gasteiger partial charge < -0.3 is 9.47 Å². The van der Waals surface area contributed by atoms with Gasteiger partial charge in [-0.2, -0.15) is 0 Å². The first-order valence-corrected chi connectivity index (χ1v) is 10.5. The SMILES string of the molecule is Sc1nnc(C23CC4CC(CC(C4)C2)C3)n1CCN1CCCCC1. The van der Waals surface area contributed by atoms with E-state index in [9.17, 15) is 0 Å². The molecule has 0 unspecified atom stereocenters. The van der Waals surface area contributed by atoms with Crippen LogP contribution in [-0.2, 0) is 12.0 Å².